The van der Waals surface area contributed by atoms with Crippen molar-refractivity contribution in [2.24, 2.45) is 0 Å². The molecule has 0 radical (unpaired) electrons. The molecule has 9 heteroatoms. The Hall–Kier alpha value is -2.74. The molecule has 0 unspecified atom stereocenters. The van der Waals surface area contributed by atoms with E-state index in [0.717, 1.165) is 6.07 Å². The minimum atomic E-state index is -0.642. The lowest BCUT2D eigenvalue weighted by atomic mass is 10.1. The number of rotatable bonds is 3. The molecule has 3 rings (SSSR count). The van der Waals surface area contributed by atoms with Crippen molar-refractivity contribution in [3.63, 3.8) is 0 Å². The summed E-state index contributed by atoms with van der Waals surface area (Å²) in [6.45, 7) is 1.82. The second kappa shape index (κ2) is 7.02. The van der Waals surface area contributed by atoms with Crippen molar-refractivity contribution < 1.29 is 14.1 Å². The van der Waals surface area contributed by atoms with E-state index in [1.807, 2.05) is 4.90 Å². The number of aromatic nitrogens is 1. The summed E-state index contributed by atoms with van der Waals surface area (Å²) in [7, 11) is 0. The SMILES string of the molecule is O=C(c1ccc(Cl)cc1F)N1CCN(c2ccc([N+](=O)[O-])cn2)CC1. The molecule has 1 aromatic carbocycles. The number of anilines is 1. The van der Waals surface area contributed by atoms with E-state index in [2.05, 4.69) is 4.98 Å². The van der Waals surface area contributed by atoms with Crippen molar-refractivity contribution >= 4 is 29.0 Å². The van der Waals surface area contributed by atoms with Crippen LogP contribution in [-0.2, 0) is 0 Å². The van der Waals surface area contributed by atoms with Gasteiger partial charge >= 0.3 is 0 Å². The predicted molar refractivity (Wildman–Crippen MR) is 90.4 cm³/mol. The number of pyridine rings is 1. The molecule has 25 heavy (non-hydrogen) atoms. The fourth-order valence-electron chi connectivity index (χ4n) is 2.65. The van der Waals surface area contributed by atoms with Gasteiger partial charge in [0.05, 0.1) is 10.5 Å². The first-order valence-electron chi connectivity index (χ1n) is 7.55. The smallest absolute Gasteiger partial charge is 0.287 e. The third-order valence-electron chi connectivity index (χ3n) is 4.00. The van der Waals surface area contributed by atoms with E-state index in [-0.39, 0.29) is 22.2 Å². The summed E-state index contributed by atoms with van der Waals surface area (Å²) < 4.78 is 13.9. The van der Waals surface area contributed by atoms with Gasteiger partial charge in [0, 0.05) is 37.3 Å². The van der Waals surface area contributed by atoms with Crippen LogP contribution in [0.5, 0.6) is 0 Å². The lowest BCUT2D eigenvalue weighted by Crippen LogP contribution is -2.49. The Kier molecular flexibility index (Phi) is 4.80. The third-order valence-corrected chi connectivity index (χ3v) is 4.23. The molecule has 0 saturated carbocycles. The number of piperazine rings is 1. The molecule has 1 aliphatic rings. The number of carbonyl (C=O) groups excluding carboxylic acids is 1. The summed E-state index contributed by atoms with van der Waals surface area (Å²) in [5, 5.41) is 10.9. The highest BCUT2D eigenvalue weighted by Crippen LogP contribution is 2.20. The number of hydrogen-bond donors (Lipinski definition) is 0. The van der Waals surface area contributed by atoms with E-state index in [0.29, 0.717) is 32.0 Å². The number of nitro groups is 1. The first-order chi connectivity index (χ1) is 12.0. The van der Waals surface area contributed by atoms with Crippen molar-refractivity contribution in [3.05, 3.63) is 63.0 Å². The van der Waals surface area contributed by atoms with Gasteiger partial charge in [0.15, 0.2) is 0 Å². The maximum atomic E-state index is 13.9. The Morgan fingerprint density at radius 3 is 2.48 bits per heavy atom. The summed E-state index contributed by atoms with van der Waals surface area (Å²) in [5.41, 5.74) is -0.0814. The molecule has 1 aliphatic heterocycles. The molecule has 130 valence electrons. The van der Waals surface area contributed by atoms with Crippen LogP contribution in [0.2, 0.25) is 5.02 Å². The highest BCUT2D eigenvalue weighted by Gasteiger charge is 2.25. The summed E-state index contributed by atoms with van der Waals surface area (Å²) >= 11 is 5.70. The van der Waals surface area contributed by atoms with Gasteiger partial charge in [0.25, 0.3) is 11.6 Å². The van der Waals surface area contributed by atoms with Crippen LogP contribution >= 0.6 is 11.6 Å². The maximum absolute atomic E-state index is 13.9. The fourth-order valence-corrected chi connectivity index (χ4v) is 2.80. The largest absolute Gasteiger partial charge is 0.353 e. The van der Waals surface area contributed by atoms with Crippen LogP contribution in [0.3, 0.4) is 0 Å². The van der Waals surface area contributed by atoms with E-state index in [9.17, 15) is 19.3 Å². The zero-order valence-corrected chi connectivity index (χ0v) is 13.8. The lowest BCUT2D eigenvalue weighted by molar-refractivity contribution is -0.385. The van der Waals surface area contributed by atoms with Gasteiger partial charge in [-0.15, -0.1) is 0 Å². The highest BCUT2D eigenvalue weighted by molar-refractivity contribution is 6.30. The Balaban J connectivity index is 1.65. The average molecular weight is 365 g/mol. The molecule has 1 aromatic heterocycles. The van der Waals surface area contributed by atoms with Gasteiger partial charge in [-0.1, -0.05) is 11.6 Å². The molecular formula is C16H14ClFN4O3. The summed E-state index contributed by atoms with van der Waals surface area (Å²) in [6, 6.07) is 6.95. The van der Waals surface area contributed by atoms with Crippen molar-refractivity contribution in [3.8, 4) is 0 Å². The molecule has 0 N–H and O–H groups in total. The Bertz CT molecular complexity index is 808. The first kappa shape index (κ1) is 17.1. The quantitative estimate of drug-likeness (QED) is 0.618. The van der Waals surface area contributed by atoms with E-state index in [1.54, 1.807) is 11.0 Å². The molecule has 1 fully saturated rings. The Labute approximate surface area is 147 Å². The van der Waals surface area contributed by atoms with Gasteiger partial charge in [0.1, 0.15) is 17.8 Å². The number of nitrogens with zero attached hydrogens (tertiary/aromatic N) is 4. The molecule has 1 amide bonds. The van der Waals surface area contributed by atoms with Gasteiger partial charge in [-0.05, 0) is 24.3 Å². The fraction of sp³-hybridized carbons (Fsp3) is 0.250. The average Bonchev–Trinajstić information content (AvgIpc) is 2.61. The van der Waals surface area contributed by atoms with Crippen molar-refractivity contribution in [1.82, 2.24) is 9.88 Å². The topological polar surface area (TPSA) is 79.6 Å². The van der Waals surface area contributed by atoms with Crippen LogP contribution in [0.25, 0.3) is 0 Å². The first-order valence-corrected chi connectivity index (χ1v) is 7.93. The van der Waals surface area contributed by atoms with Crippen LogP contribution in [0.15, 0.2) is 36.5 Å². The predicted octanol–water partition coefficient (Wildman–Crippen LogP) is 2.74. The highest BCUT2D eigenvalue weighted by atomic mass is 35.5. The van der Waals surface area contributed by atoms with E-state index >= 15 is 0 Å². The lowest BCUT2D eigenvalue weighted by Gasteiger charge is -2.35. The van der Waals surface area contributed by atoms with Crippen LogP contribution < -0.4 is 4.90 Å². The number of halogens is 2. The zero-order chi connectivity index (χ0) is 18.0. The molecule has 0 spiro atoms. The number of amides is 1. The molecule has 2 heterocycles. The second-order valence-corrected chi connectivity index (χ2v) is 5.97. The molecule has 7 nitrogen and oxygen atoms in total. The van der Waals surface area contributed by atoms with Crippen LogP contribution in [0, 0.1) is 15.9 Å². The van der Waals surface area contributed by atoms with E-state index < -0.39 is 10.7 Å². The molecular weight excluding hydrogens is 351 g/mol. The third kappa shape index (κ3) is 3.69. The van der Waals surface area contributed by atoms with Gasteiger partial charge < -0.3 is 9.80 Å². The standard InChI is InChI=1S/C16H14ClFN4O3/c17-11-1-3-13(14(18)9-11)16(23)21-7-5-20(6-8-21)15-4-2-12(10-19-15)22(24)25/h1-4,9-10H,5-8H2. The van der Waals surface area contributed by atoms with Crippen LogP contribution in [0.4, 0.5) is 15.9 Å². The molecule has 2 aromatic rings. The van der Waals surface area contributed by atoms with Crippen LogP contribution in [-0.4, -0.2) is 46.9 Å². The molecule has 1 saturated heterocycles. The number of carbonyl (C=O) groups is 1. The van der Waals surface area contributed by atoms with Gasteiger partial charge in [-0.25, -0.2) is 9.37 Å². The summed E-state index contributed by atoms with van der Waals surface area (Å²) in [4.78, 5) is 30.1. The van der Waals surface area contributed by atoms with Crippen molar-refractivity contribution in [1.29, 1.82) is 0 Å². The normalized spacial score (nSPS) is 14.5. The van der Waals surface area contributed by atoms with Crippen molar-refractivity contribution in [2.45, 2.75) is 0 Å². The molecule has 0 aliphatic carbocycles. The maximum Gasteiger partial charge on any atom is 0.287 e. The molecule has 0 bridgehead atoms. The van der Waals surface area contributed by atoms with Crippen LogP contribution in [0.1, 0.15) is 10.4 Å². The minimum absolute atomic E-state index is 0.00805. The van der Waals surface area contributed by atoms with Crippen molar-refractivity contribution in [2.75, 3.05) is 31.1 Å². The summed E-state index contributed by atoms with van der Waals surface area (Å²) in [5.74, 6) is -0.419. The minimum Gasteiger partial charge on any atom is -0.353 e. The second-order valence-electron chi connectivity index (χ2n) is 5.54. The molecule has 0 atom stereocenters. The number of benzene rings is 1. The van der Waals surface area contributed by atoms with Gasteiger partial charge in [-0.3, -0.25) is 14.9 Å². The summed E-state index contributed by atoms with van der Waals surface area (Å²) in [6.07, 6.45) is 1.20. The number of hydrogen-bond acceptors (Lipinski definition) is 5. The Morgan fingerprint density at radius 1 is 1.20 bits per heavy atom. The van der Waals surface area contributed by atoms with E-state index in [4.69, 9.17) is 11.6 Å². The monoisotopic (exact) mass is 364 g/mol. The van der Waals surface area contributed by atoms with E-state index in [1.165, 1.54) is 24.4 Å². The zero-order valence-electron chi connectivity index (χ0n) is 13.1. The van der Waals surface area contributed by atoms with Gasteiger partial charge in [0.2, 0.25) is 0 Å². The Morgan fingerprint density at radius 2 is 1.92 bits per heavy atom. The van der Waals surface area contributed by atoms with Gasteiger partial charge in [-0.2, -0.15) is 0 Å².